The first kappa shape index (κ1) is 13.1. The fourth-order valence-electron chi connectivity index (χ4n) is 3.52. The first-order chi connectivity index (χ1) is 8.83. The molecule has 0 bridgehead atoms. The molecule has 0 radical (unpaired) electrons. The maximum Gasteiger partial charge on any atom is 0.0374 e. The molecule has 6 heteroatoms. The monoisotopic (exact) mass is 248 g/mol. The third kappa shape index (κ3) is 3.31. The van der Waals surface area contributed by atoms with Crippen molar-refractivity contribution in [1.29, 1.82) is 0 Å². The highest BCUT2D eigenvalue weighted by Crippen LogP contribution is 2.39. The van der Waals surface area contributed by atoms with Crippen molar-refractivity contribution in [3.05, 3.63) is 20.9 Å². The van der Waals surface area contributed by atoms with Crippen LogP contribution >= 0.6 is 0 Å². The fourth-order valence-corrected chi connectivity index (χ4v) is 3.52. The van der Waals surface area contributed by atoms with Gasteiger partial charge in [0.2, 0.25) is 0 Å². The lowest BCUT2D eigenvalue weighted by atomic mass is 9.72. The molecule has 0 saturated heterocycles. The van der Waals surface area contributed by atoms with E-state index in [1.54, 1.807) is 0 Å². The van der Waals surface area contributed by atoms with Gasteiger partial charge in [-0.1, -0.05) is 10.2 Å². The van der Waals surface area contributed by atoms with Crippen LogP contribution in [-0.4, -0.2) is 12.1 Å². The Labute approximate surface area is 107 Å². The second-order valence-electron chi connectivity index (χ2n) is 5.55. The Kier molecular flexibility index (Phi) is 4.73. The molecule has 2 aliphatic carbocycles. The molecule has 0 N–H and O–H groups in total. The Morgan fingerprint density at radius 1 is 0.611 bits per heavy atom. The van der Waals surface area contributed by atoms with Gasteiger partial charge in [-0.2, -0.15) is 0 Å². The van der Waals surface area contributed by atoms with E-state index in [-0.39, 0.29) is 12.1 Å². The van der Waals surface area contributed by atoms with Crippen LogP contribution < -0.4 is 0 Å². The van der Waals surface area contributed by atoms with Crippen molar-refractivity contribution in [2.75, 3.05) is 0 Å². The van der Waals surface area contributed by atoms with Gasteiger partial charge in [0.05, 0.1) is 0 Å². The molecule has 0 atom stereocenters. The normalized spacial score (nSPS) is 36.2. The van der Waals surface area contributed by atoms with Gasteiger partial charge in [0.15, 0.2) is 0 Å². The molecule has 0 unspecified atom stereocenters. The van der Waals surface area contributed by atoms with Crippen LogP contribution in [-0.2, 0) is 0 Å². The molecular weight excluding hydrogens is 228 g/mol. The third-order valence-corrected chi connectivity index (χ3v) is 4.58. The molecule has 0 heterocycles. The van der Waals surface area contributed by atoms with Crippen molar-refractivity contribution >= 4 is 0 Å². The van der Waals surface area contributed by atoms with Crippen molar-refractivity contribution < 1.29 is 0 Å². The smallest absolute Gasteiger partial charge is 0.0374 e. The first-order valence-electron chi connectivity index (χ1n) is 6.92. The lowest BCUT2D eigenvalue weighted by Crippen LogP contribution is -2.27. The van der Waals surface area contributed by atoms with E-state index in [2.05, 4.69) is 20.1 Å². The lowest BCUT2D eigenvalue weighted by molar-refractivity contribution is 0.178. The SMILES string of the molecule is [N-]=[N+]=NC1CCC(C2CCC(N=[N+]=[N-])CC2)CC1. The van der Waals surface area contributed by atoms with Crippen LogP contribution in [0.4, 0.5) is 0 Å². The highest BCUT2D eigenvalue weighted by molar-refractivity contribution is 4.85. The highest BCUT2D eigenvalue weighted by atomic mass is 15.2. The molecule has 18 heavy (non-hydrogen) atoms. The number of hydrogen-bond acceptors (Lipinski definition) is 2. The maximum absolute atomic E-state index is 8.43. The van der Waals surface area contributed by atoms with E-state index in [1.165, 1.54) is 25.7 Å². The molecule has 2 fully saturated rings. The van der Waals surface area contributed by atoms with Crippen LogP contribution in [0.3, 0.4) is 0 Å². The van der Waals surface area contributed by atoms with Gasteiger partial charge in [0.1, 0.15) is 0 Å². The Bertz CT molecular complexity index is 317. The zero-order valence-corrected chi connectivity index (χ0v) is 10.6. The first-order valence-corrected chi connectivity index (χ1v) is 6.92. The number of hydrogen-bond donors (Lipinski definition) is 0. The quantitative estimate of drug-likeness (QED) is 0.392. The predicted molar refractivity (Wildman–Crippen MR) is 69.8 cm³/mol. The lowest BCUT2D eigenvalue weighted by Gasteiger charge is -2.36. The topological polar surface area (TPSA) is 97.5 Å². The summed E-state index contributed by atoms with van der Waals surface area (Å²) in [6.45, 7) is 0. The van der Waals surface area contributed by atoms with Crippen LogP contribution in [0.2, 0.25) is 0 Å². The van der Waals surface area contributed by atoms with E-state index in [9.17, 15) is 0 Å². The van der Waals surface area contributed by atoms with E-state index in [0.29, 0.717) is 0 Å². The molecule has 2 saturated carbocycles. The zero-order valence-electron chi connectivity index (χ0n) is 10.6. The summed E-state index contributed by atoms with van der Waals surface area (Å²) in [5.74, 6) is 1.59. The minimum Gasteiger partial charge on any atom is -0.0906 e. The minimum atomic E-state index is 0.228. The van der Waals surface area contributed by atoms with E-state index >= 15 is 0 Å². The van der Waals surface area contributed by atoms with E-state index < -0.39 is 0 Å². The molecular formula is C12H20N6. The summed E-state index contributed by atoms with van der Waals surface area (Å²) >= 11 is 0. The number of rotatable bonds is 3. The van der Waals surface area contributed by atoms with Crippen molar-refractivity contribution in [2.24, 2.45) is 22.1 Å². The molecule has 0 aromatic heterocycles. The van der Waals surface area contributed by atoms with Gasteiger partial charge in [-0.15, -0.1) is 0 Å². The van der Waals surface area contributed by atoms with Crippen LogP contribution in [0.5, 0.6) is 0 Å². The molecule has 0 aromatic carbocycles. The van der Waals surface area contributed by atoms with E-state index in [1.807, 2.05) is 0 Å². The van der Waals surface area contributed by atoms with Crippen molar-refractivity contribution in [3.63, 3.8) is 0 Å². The molecule has 0 aliphatic heterocycles. The zero-order chi connectivity index (χ0) is 12.8. The van der Waals surface area contributed by atoms with Crippen LogP contribution in [0, 0.1) is 11.8 Å². The average Bonchev–Trinajstić information content (AvgIpc) is 2.41. The average molecular weight is 248 g/mol. The molecule has 2 rings (SSSR count). The Balaban J connectivity index is 1.77. The largest absolute Gasteiger partial charge is 0.0906 e. The standard InChI is InChI=1S/C12H20N6/c13-17-15-11-5-1-9(2-6-11)10-3-7-12(8-4-10)16-18-14/h9-12H,1-8H2. The maximum atomic E-state index is 8.43. The summed E-state index contributed by atoms with van der Waals surface area (Å²) in [6.07, 6.45) is 8.97. The number of azide groups is 2. The molecule has 98 valence electrons. The summed E-state index contributed by atoms with van der Waals surface area (Å²) in [5, 5.41) is 7.65. The van der Waals surface area contributed by atoms with Gasteiger partial charge in [-0.05, 0) is 74.3 Å². The third-order valence-electron chi connectivity index (χ3n) is 4.58. The van der Waals surface area contributed by atoms with Gasteiger partial charge in [-0.25, -0.2) is 0 Å². The molecule has 0 amide bonds. The van der Waals surface area contributed by atoms with Crippen molar-refractivity contribution in [1.82, 2.24) is 0 Å². The Morgan fingerprint density at radius 2 is 0.944 bits per heavy atom. The van der Waals surface area contributed by atoms with Gasteiger partial charge >= 0.3 is 0 Å². The molecule has 2 aliphatic rings. The van der Waals surface area contributed by atoms with E-state index in [0.717, 1.165) is 37.5 Å². The minimum absolute atomic E-state index is 0.228. The molecule has 0 aromatic rings. The summed E-state index contributed by atoms with van der Waals surface area (Å²) in [6, 6.07) is 0.455. The Morgan fingerprint density at radius 3 is 1.22 bits per heavy atom. The van der Waals surface area contributed by atoms with Crippen molar-refractivity contribution in [3.8, 4) is 0 Å². The Hall–Kier alpha value is -1.38. The second kappa shape index (κ2) is 6.53. The van der Waals surface area contributed by atoms with Crippen molar-refractivity contribution in [2.45, 2.75) is 63.5 Å². The van der Waals surface area contributed by atoms with Gasteiger partial charge in [0.25, 0.3) is 0 Å². The summed E-state index contributed by atoms with van der Waals surface area (Å²) in [5.41, 5.74) is 16.9. The van der Waals surface area contributed by atoms with Crippen LogP contribution in [0.15, 0.2) is 10.2 Å². The highest BCUT2D eigenvalue weighted by Gasteiger charge is 2.30. The second-order valence-corrected chi connectivity index (χ2v) is 5.55. The summed E-state index contributed by atoms with van der Waals surface area (Å²) in [4.78, 5) is 5.81. The van der Waals surface area contributed by atoms with Gasteiger partial charge in [-0.3, -0.25) is 0 Å². The summed E-state index contributed by atoms with van der Waals surface area (Å²) < 4.78 is 0. The van der Waals surface area contributed by atoms with Gasteiger partial charge in [0, 0.05) is 21.9 Å². The van der Waals surface area contributed by atoms with Gasteiger partial charge < -0.3 is 0 Å². The van der Waals surface area contributed by atoms with Crippen LogP contribution in [0.1, 0.15) is 51.4 Å². The predicted octanol–water partition coefficient (Wildman–Crippen LogP) is 4.72. The number of nitrogens with zero attached hydrogens (tertiary/aromatic N) is 6. The van der Waals surface area contributed by atoms with E-state index in [4.69, 9.17) is 11.1 Å². The summed E-state index contributed by atoms with van der Waals surface area (Å²) in [7, 11) is 0. The molecule has 0 spiro atoms. The fraction of sp³-hybridized carbons (Fsp3) is 1.00. The molecule has 6 nitrogen and oxygen atoms in total. The van der Waals surface area contributed by atoms with Crippen LogP contribution in [0.25, 0.3) is 20.9 Å².